The topological polar surface area (TPSA) is 20.3 Å². The van der Waals surface area contributed by atoms with Gasteiger partial charge in [0.2, 0.25) is 0 Å². The van der Waals surface area contributed by atoms with Crippen LogP contribution in [0.2, 0.25) is 0 Å². The zero-order chi connectivity index (χ0) is 10.7. The van der Waals surface area contributed by atoms with Crippen LogP contribution in [-0.2, 0) is 4.79 Å². The number of piperidine rings is 1. The highest BCUT2D eigenvalue weighted by atomic mass is 16.1. The summed E-state index contributed by atoms with van der Waals surface area (Å²) in [7, 11) is 2.22. The first-order valence-corrected chi connectivity index (χ1v) is 6.44. The summed E-state index contributed by atoms with van der Waals surface area (Å²) >= 11 is 0. The Labute approximate surface area is 93.0 Å². The largest absolute Gasteiger partial charge is 0.306 e. The highest BCUT2D eigenvalue weighted by Gasteiger charge is 2.24. The number of nitrogens with zero attached hydrogens (tertiary/aromatic N) is 1. The molecule has 2 nitrogen and oxygen atoms in total. The van der Waals surface area contributed by atoms with E-state index < -0.39 is 0 Å². The molecule has 86 valence electrons. The van der Waals surface area contributed by atoms with Crippen molar-refractivity contribution in [1.82, 2.24) is 4.90 Å². The summed E-state index contributed by atoms with van der Waals surface area (Å²) in [6, 6.07) is 0. The Morgan fingerprint density at radius 1 is 1.07 bits per heavy atom. The van der Waals surface area contributed by atoms with Crippen LogP contribution in [0.3, 0.4) is 0 Å². The molecular weight excluding hydrogens is 186 g/mol. The van der Waals surface area contributed by atoms with Gasteiger partial charge in [0.25, 0.3) is 0 Å². The summed E-state index contributed by atoms with van der Waals surface area (Å²) < 4.78 is 0. The Morgan fingerprint density at radius 3 is 2.20 bits per heavy atom. The zero-order valence-corrected chi connectivity index (χ0v) is 9.87. The lowest BCUT2D eigenvalue weighted by Crippen LogP contribution is -2.31. The lowest BCUT2D eigenvalue weighted by molar-refractivity contribution is -0.121. The fourth-order valence-corrected chi connectivity index (χ4v) is 3.00. The summed E-state index contributed by atoms with van der Waals surface area (Å²) in [6.07, 6.45) is 8.20. The number of rotatable bonds is 2. The van der Waals surface area contributed by atoms with E-state index in [4.69, 9.17) is 0 Å². The third-order valence-electron chi connectivity index (χ3n) is 4.17. The maximum atomic E-state index is 11.1. The van der Waals surface area contributed by atoms with Gasteiger partial charge in [-0.15, -0.1) is 0 Å². The molecule has 2 fully saturated rings. The molecule has 1 saturated carbocycles. The highest BCUT2D eigenvalue weighted by molar-refractivity contribution is 5.78. The Hall–Kier alpha value is -0.370. The molecule has 1 saturated heterocycles. The number of hydrogen-bond acceptors (Lipinski definition) is 2. The van der Waals surface area contributed by atoms with Gasteiger partial charge in [-0.2, -0.15) is 0 Å². The van der Waals surface area contributed by atoms with Gasteiger partial charge in [-0.25, -0.2) is 0 Å². The van der Waals surface area contributed by atoms with Crippen molar-refractivity contribution < 1.29 is 4.79 Å². The minimum Gasteiger partial charge on any atom is -0.306 e. The van der Waals surface area contributed by atoms with Crippen molar-refractivity contribution in [3.63, 3.8) is 0 Å². The Morgan fingerprint density at radius 2 is 1.60 bits per heavy atom. The van der Waals surface area contributed by atoms with Crippen LogP contribution in [-0.4, -0.2) is 30.8 Å². The second-order valence-corrected chi connectivity index (χ2v) is 5.46. The fraction of sp³-hybridized carbons (Fsp3) is 0.923. The molecule has 1 heterocycles. The molecule has 0 radical (unpaired) electrons. The molecule has 1 aliphatic carbocycles. The molecule has 0 atom stereocenters. The van der Waals surface area contributed by atoms with Gasteiger partial charge in [-0.3, -0.25) is 4.79 Å². The maximum absolute atomic E-state index is 11.1. The van der Waals surface area contributed by atoms with Crippen molar-refractivity contribution in [2.45, 2.75) is 44.9 Å². The van der Waals surface area contributed by atoms with Crippen LogP contribution in [0.15, 0.2) is 0 Å². The summed E-state index contributed by atoms with van der Waals surface area (Å²) in [5, 5.41) is 0. The van der Waals surface area contributed by atoms with Gasteiger partial charge >= 0.3 is 0 Å². The number of hydrogen-bond donors (Lipinski definition) is 0. The first-order chi connectivity index (χ1) is 7.24. The molecule has 2 heteroatoms. The summed E-state index contributed by atoms with van der Waals surface area (Å²) in [6.45, 7) is 2.55. The summed E-state index contributed by atoms with van der Waals surface area (Å²) in [5.41, 5.74) is 0. The normalized spacial score (nSPS) is 27.1. The number of carbonyl (C=O) groups is 1. The third-order valence-corrected chi connectivity index (χ3v) is 4.17. The Bertz CT molecular complexity index is 209. The first-order valence-electron chi connectivity index (χ1n) is 6.44. The molecule has 0 spiro atoms. The van der Waals surface area contributed by atoms with Gasteiger partial charge in [0.1, 0.15) is 5.78 Å². The number of ketones is 1. The average Bonchev–Trinajstić information content (AvgIpc) is 2.25. The zero-order valence-electron chi connectivity index (χ0n) is 9.87. The molecule has 15 heavy (non-hydrogen) atoms. The van der Waals surface area contributed by atoms with Crippen LogP contribution in [0, 0.1) is 11.8 Å². The van der Waals surface area contributed by atoms with E-state index in [0.717, 1.165) is 24.7 Å². The van der Waals surface area contributed by atoms with E-state index in [-0.39, 0.29) is 0 Å². The third kappa shape index (κ3) is 3.30. The van der Waals surface area contributed by atoms with Crippen molar-refractivity contribution in [3.05, 3.63) is 0 Å². The standard InChI is InChI=1S/C13H23NO/c1-14-8-6-12(7-9-14)10-11-2-4-13(15)5-3-11/h11-12H,2-10H2,1H3. The van der Waals surface area contributed by atoms with E-state index >= 15 is 0 Å². The molecule has 0 unspecified atom stereocenters. The molecule has 1 aliphatic heterocycles. The lowest BCUT2D eigenvalue weighted by atomic mass is 9.79. The molecule has 0 aromatic heterocycles. The van der Waals surface area contributed by atoms with Gasteiger partial charge in [0.05, 0.1) is 0 Å². The second kappa shape index (κ2) is 5.11. The second-order valence-electron chi connectivity index (χ2n) is 5.46. The van der Waals surface area contributed by atoms with E-state index in [1.165, 1.54) is 45.2 Å². The number of carbonyl (C=O) groups excluding carboxylic acids is 1. The van der Waals surface area contributed by atoms with Crippen LogP contribution >= 0.6 is 0 Å². The van der Waals surface area contributed by atoms with Gasteiger partial charge in [-0.05, 0) is 64.1 Å². The van der Waals surface area contributed by atoms with Crippen molar-refractivity contribution in [2.24, 2.45) is 11.8 Å². The van der Waals surface area contributed by atoms with Crippen LogP contribution < -0.4 is 0 Å². The minimum atomic E-state index is 0.495. The Kier molecular flexibility index (Phi) is 3.79. The smallest absolute Gasteiger partial charge is 0.132 e. The van der Waals surface area contributed by atoms with E-state index in [1.807, 2.05) is 0 Å². The SMILES string of the molecule is CN1CCC(CC2CCC(=O)CC2)CC1. The van der Waals surface area contributed by atoms with Gasteiger partial charge in [0.15, 0.2) is 0 Å². The van der Waals surface area contributed by atoms with Crippen LogP contribution in [0.1, 0.15) is 44.9 Å². The van der Waals surface area contributed by atoms with Crippen molar-refractivity contribution in [1.29, 1.82) is 0 Å². The van der Waals surface area contributed by atoms with E-state index in [0.29, 0.717) is 5.78 Å². The molecule has 0 N–H and O–H groups in total. The molecular formula is C13H23NO. The minimum absolute atomic E-state index is 0.495. The maximum Gasteiger partial charge on any atom is 0.132 e. The summed E-state index contributed by atoms with van der Waals surface area (Å²) in [5.74, 6) is 2.30. The quantitative estimate of drug-likeness (QED) is 0.696. The molecule has 0 aromatic carbocycles. The lowest BCUT2D eigenvalue weighted by Gasteiger charge is -2.32. The van der Waals surface area contributed by atoms with Crippen LogP contribution in [0.25, 0.3) is 0 Å². The molecule has 0 amide bonds. The van der Waals surface area contributed by atoms with Crippen molar-refractivity contribution in [2.75, 3.05) is 20.1 Å². The predicted octanol–water partition coefficient (Wildman–Crippen LogP) is 2.48. The van der Waals surface area contributed by atoms with Crippen molar-refractivity contribution in [3.8, 4) is 0 Å². The monoisotopic (exact) mass is 209 g/mol. The molecule has 0 bridgehead atoms. The molecule has 2 aliphatic rings. The van der Waals surface area contributed by atoms with E-state index in [1.54, 1.807) is 0 Å². The Balaban J connectivity index is 1.70. The first kappa shape index (κ1) is 11.1. The van der Waals surface area contributed by atoms with Gasteiger partial charge < -0.3 is 4.90 Å². The average molecular weight is 209 g/mol. The molecule has 0 aromatic rings. The van der Waals surface area contributed by atoms with Crippen LogP contribution in [0.4, 0.5) is 0 Å². The summed E-state index contributed by atoms with van der Waals surface area (Å²) in [4.78, 5) is 13.6. The van der Waals surface area contributed by atoms with Gasteiger partial charge in [-0.1, -0.05) is 0 Å². The fourth-order valence-electron chi connectivity index (χ4n) is 3.00. The predicted molar refractivity (Wildman–Crippen MR) is 61.8 cm³/mol. The molecule has 2 rings (SSSR count). The van der Waals surface area contributed by atoms with Crippen LogP contribution in [0.5, 0.6) is 0 Å². The van der Waals surface area contributed by atoms with Gasteiger partial charge in [0, 0.05) is 12.8 Å². The van der Waals surface area contributed by atoms with E-state index in [2.05, 4.69) is 11.9 Å². The number of Topliss-reactive ketones (excluding diaryl/α,β-unsaturated/α-hetero) is 1. The highest BCUT2D eigenvalue weighted by Crippen LogP contribution is 2.31. The number of likely N-dealkylation sites (tertiary alicyclic amines) is 1. The van der Waals surface area contributed by atoms with Crippen molar-refractivity contribution >= 4 is 5.78 Å². The van der Waals surface area contributed by atoms with E-state index in [9.17, 15) is 4.79 Å².